The van der Waals surface area contributed by atoms with Crippen LogP contribution in [0.15, 0.2) is 79.0 Å². The second kappa shape index (κ2) is 13.3. The van der Waals surface area contributed by atoms with E-state index in [-0.39, 0.29) is 0 Å². The number of anilines is 7. The maximum Gasteiger partial charge on any atom is 0.233 e. The number of halogens is 1. The first-order chi connectivity index (χ1) is 20.0. The highest BCUT2D eigenvalue weighted by Gasteiger charge is 2.09. The third-order valence-electron chi connectivity index (χ3n) is 6.67. The van der Waals surface area contributed by atoms with E-state index < -0.39 is 0 Å². The zero-order valence-corrected chi connectivity index (χ0v) is 24.2. The minimum Gasteiger partial charge on any atom is -0.355 e. The van der Waals surface area contributed by atoms with Gasteiger partial charge in [-0.15, -0.1) is 0 Å². The molecule has 0 saturated heterocycles. The number of hydrogen-bond acceptors (Lipinski definition) is 9. The second-order valence-corrected chi connectivity index (χ2v) is 10.0. The number of likely N-dealkylation sites (N-methyl/N-ethyl adjacent to an activating group) is 1. The molecule has 4 N–H and O–H groups in total. The summed E-state index contributed by atoms with van der Waals surface area (Å²) in [5, 5.41) is 15.1. The van der Waals surface area contributed by atoms with Gasteiger partial charge in [0.25, 0.3) is 0 Å². The van der Waals surface area contributed by atoms with Crippen LogP contribution in [-0.4, -0.2) is 51.0 Å². The molecule has 0 aliphatic heterocycles. The summed E-state index contributed by atoms with van der Waals surface area (Å²) in [6.45, 7) is 10.0. The molecule has 210 valence electrons. The van der Waals surface area contributed by atoms with E-state index in [1.165, 1.54) is 5.56 Å². The Morgan fingerprint density at radius 3 is 1.93 bits per heavy atom. The summed E-state index contributed by atoms with van der Waals surface area (Å²) in [6, 6.07) is 23.7. The monoisotopic (exact) mass is 567 g/mol. The summed E-state index contributed by atoms with van der Waals surface area (Å²) >= 11 is 6.14. The molecule has 0 amide bonds. The molecular weight excluding hydrogens is 534 g/mol. The van der Waals surface area contributed by atoms with Gasteiger partial charge in [-0.05, 0) is 80.7 Å². The third-order valence-corrected chi connectivity index (χ3v) is 6.91. The number of hydrogen-bond donors (Lipinski definition) is 4. The minimum atomic E-state index is 0.442. The Morgan fingerprint density at radius 2 is 1.29 bits per heavy atom. The topological polar surface area (TPSA) is 103 Å². The van der Waals surface area contributed by atoms with Gasteiger partial charge in [0, 0.05) is 52.4 Å². The Kier molecular flexibility index (Phi) is 9.08. The average Bonchev–Trinajstić information content (AvgIpc) is 2.97. The van der Waals surface area contributed by atoms with E-state index in [9.17, 15) is 0 Å². The van der Waals surface area contributed by atoms with Crippen molar-refractivity contribution in [2.75, 3.05) is 47.4 Å². The molecule has 5 aromatic rings. The van der Waals surface area contributed by atoms with Crippen molar-refractivity contribution in [1.82, 2.24) is 24.8 Å². The molecule has 0 fully saturated rings. The van der Waals surface area contributed by atoms with Crippen LogP contribution in [0.2, 0.25) is 5.02 Å². The summed E-state index contributed by atoms with van der Waals surface area (Å²) in [7, 11) is 0. The molecule has 41 heavy (non-hydrogen) atoms. The normalized spacial score (nSPS) is 11.0. The Hall–Kier alpha value is -4.47. The van der Waals surface area contributed by atoms with Gasteiger partial charge >= 0.3 is 0 Å². The van der Waals surface area contributed by atoms with E-state index in [4.69, 9.17) is 11.6 Å². The van der Waals surface area contributed by atoms with Crippen LogP contribution < -0.4 is 21.3 Å². The van der Waals surface area contributed by atoms with Crippen molar-refractivity contribution in [1.29, 1.82) is 0 Å². The van der Waals surface area contributed by atoms with Crippen molar-refractivity contribution in [3.05, 3.63) is 89.6 Å². The van der Waals surface area contributed by atoms with Crippen molar-refractivity contribution >= 4 is 63.1 Å². The molecule has 3 aromatic carbocycles. The predicted octanol–water partition coefficient (Wildman–Crippen LogP) is 7.37. The first-order valence-corrected chi connectivity index (χ1v) is 14.1. The molecule has 0 saturated carbocycles. The number of fused-ring (bicyclic) bond motifs is 1. The second-order valence-electron chi connectivity index (χ2n) is 9.60. The molecule has 0 radical (unpaired) electrons. The minimum absolute atomic E-state index is 0.442. The predicted molar refractivity (Wildman–Crippen MR) is 170 cm³/mol. The smallest absolute Gasteiger partial charge is 0.233 e. The molecule has 2 aromatic heterocycles. The highest BCUT2D eigenvalue weighted by Crippen LogP contribution is 2.28. The molecule has 0 bridgehead atoms. The molecule has 0 atom stereocenters. The molecule has 0 spiro atoms. The highest BCUT2D eigenvalue weighted by molar-refractivity contribution is 6.31. The van der Waals surface area contributed by atoms with E-state index in [2.05, 4.69) is 66.9 Å². The molecule has 5 rings (SSSR count). The summed E-state index contributed by atoms with van der Waals surface area (Å²) in [4.78, 5) is 20.6. The van der Waals surface area contributed by atoms with Gasteiger partial charge in [0.05, 0.1) is 5.52 Å². The van der Waals surface area contributed by atoms with Crippen molar-refractivity contribution in [2.24, 2.45) is 0 Å². The average molecular weight is 568 g/mol. The Balaban J connectivity index is 1.32. The van der Waals surface area contributed by atoms with Gasteiger partial charge < -0.3 is 26.2 Å². The molecule has 9 nitrogen and oxygen atoms in total. The number of pyridine rings is 1. The molecule has 0 unspecified atom stereocenters. The molecule has 2 heterocycles. The number of nitrogens with one attached hydrogen (secondary N) is 4. The van der Waals surface area contributed by atoms with Crippen LogP contribution in [0.25, 0.3) is 10.9 Å². The van der Waals surface area contributed by atoms with Crippen molar-refractivity contribution in [3.8, 4) is 0 Å². The lowest BCUT2D eigenvalue weighted by Gasteiger charge is -2.18. The zero-order valence-electron chi connectivity index (χ0n) is 23.4. The number of aryl methyl sites for hydroxylation is 1. The van der Waals surface area contributed by atoms with Gasteiger partial charge in [0.15, 0.2) is 0 Å². The van der Waals surface area contributed by atoms with E-state index in [1.807, 2.05) is 72.8 Å². The number of aromatic nitrogens is 4. The van der Waals surface area contributed by atoms with Crippen LogP contribution in [0.5, 0.6) is 0 Å². The molecule has 10 heteroatoms. The molecule has 0 aliphatic rings. The Labute approximate surface area is 245 Å². The number of rotatable bonds is 12. The lowest BCUT2D eigenvalue weighted by molar-refractivity contribution is 0.316. The van der Waals surface area contributed by atoms with Crippen molar-refractivity contribution in [3.63, 3.8) is 0 Å². The fraction of sp³-hybridized carbons (Fsp3) is 0.226. The van der Waals surface area contributed by atoms with Gasteiger partial charge in [0.2, 0.25) is 17.8 Å². The van der Waals surface area contributed by atoms with Gasteiger partial charge in [-0.3, -0.25) is 4.98 Å². The Morgan fingerprint density at radius 1 is 0.707 bits per heavy atom. The summed E-state index contributed by atoms with van der Waals surface area (Å²) in [5.41, 5.74) is 5.68. The van der Waals surface area contributed by atoms with Crippen LogP contribution in [0.4, 0.5) is 40.6 Å². The first-order valence-electron chi connectivity index (χ1n) is 13.7. The van der Waals surface area contributed by atoms with Crippen LogP contribution in [0.1, 0.15) is 19.4 Å². The molecule has 0 aliphatic carbocycles. The van der Waals surface area contributed by atoms with Crippen LogP contribution in [0, 0.1) is 6.92 Å². The SMILES string of the molecule is CCN(CC)CCNc1nc(Nc2ccc(C)cc2)nc(Nc2ccc(Nc3ccnc4cc(Cl)ccc34)cc2)n1. The van der Waals surface area contributed by atoms with Gasteiger partial charge in [-0.25, -0.2) is 0 Å². The fourth-order valence-corrected chi connectivity index (χ4v) is 4.52. The van der Waals surface area contributed by atoms with E-state index >= 15 is 0 Å². The summed E-state index contributed by atoms with van der Waals surface area (Å²) in [6.07, 6.45) is 1.77. The lowest BCUT2D eigenvalue weighted by Crippen LogP contribution is -2.29. The van der Waals surface area contributed by atoms with Crippen molar-refractivity contribution in [2.45, 2.75) is 20.8 Å². The highest BCUT2D eigenvalue weighted by atomic mass is 35.5. The van der Waals surface area contributed by atoms with Crippen LogP contribution in [-0.2, 0) is 0 Å². The number of benzene rings is 3. The fourth-order valence-electron chi connectivity index (χ4n) is 4.35. The summed E-state index contributed by atoms with van der Waals surface area (Å²) < 4.78 is 0. The number of nitrogens with zero attached hydrogens (tertiary/aromatic N) is 5. The lowest BCUT2D eigenvalue weighted by atomic mass is 10.2. The summed E-state index contributed by atoms with van der Waals surface area (Å²) in [5.74, 6) is 1.41. The van der Waals surface area contributed by atoms with Crippen molar-refractivity contribution < 1.29 is 0 Å². The van der Waals surface area contributed by atoms with Gasteiger partial charge in [-0.1, -0.05) is 43.1 Å². The maximum absolute atomic E-state index is 6.14. The third kappa shape index (κ3) is 7.59. The van der Waals surface area contributed by atoms with Gasteiger partial charge in [-0.2, -0.15) is 15.0 Å². The quantitative estimate of drug-likeness (QED) is 0.123. The van der Waals surface area contributed by atoms with E-state index in [0.29, 0.717) is 22.9 Å². The first kappa shape index (κ1) is 28.1. The zero-order chi connectivity index (χ0) is 28.6. The standard InChI is InChI=1S/C31H34ClN9/c1-4-41(5-2)19-18-34-29-38-30(36-24-9-6-21(3)7-10-24)40-31(39-29)37-25-13-11-23(12-14-25)35-27-16-17-33-28-20-22(32)8-15-26(27)28/h6-17,20H,4-5,18-19H2,1-3H3,(H,33,35)(H3,34,36,37,38,39,40). The molecular formula is C31H34ClN9. The van der Waals surface area contributed by atoms with Crippen LogP contribution >= 0.6 is 11.6 Å². The van der Waals surface area contributed by atoms with E-state index in [0.717, 1.165) is 59.8 Å². The van der Waals surface area contributed by atoms with Crippen LogP contribution in [0.3, 0.4) is 0 Å². The maximum atomic E-state index is 6.14. The Bertz CT molecular complexity index is 1590. The van der Waals surface area contributed by atoms with E-state index in [1.54, 1.807) is 6.20 Å². The largest absolute Gasteiger partial charge is 0.355 e. The van der Waals surface area contributed by atoms with Gasteiger partial charge in [0.1, 0.15) is 0 Å².